The molecule has 2 amide bonds. The first-order valence-corrected chi connectivity index (χ1v) is 11.4. The zero-order chi connectivity index (χ0) is 24.7. The molecule has 3 aromatic rings. The monoisotopic (exact) mass is 454 g/mol. The summed E-state index contributed by atoms with van der Waals surface area (Å²) in [5.74, 6) is -0.864. The smallest absolute Gasteiger partial charge is 0.266 e. The minimum Gasteiger partial charge on any atom is -0.349 e. The highest BCUT2D eigenvalue weighted by Gasteiger charge is 2.18. The van der Waals surface area contributed by atoms with Crippen molar-refractivity contribution in [3.8, 4) is 6.07 Å². The van der Waals surface area contributed by atoms with E-state index in [0.717, 1.165) is 35.5 Å². The molecule has 0 radical (unpaired) electrons. The molecular formula is C28H30N4O2. The van der Waals surface area contributed by atoms with Crippen LogP contribution >= 0.6 is 0 Å². The number of para-hydroxylation sites is 1. The number of hydrogen-bond donors (Lipinski definition) is 2. The maximum Gasteiger partial charge on any atom is 0.266 e. The number of anilines is 1. The number of carbonyl (C=O) groups is 2. The maximum absolute atomic E-state index is 13.0. The predicted octanol–water partition coefficient (Wildman–Crippen LogP) is 5.55. The molecule has 0 aliphatic carbocycles. The van der Waals surface area contributed by atoms with Gasteiger partial charge in [-0.25, -0.2) is 0 Å². The molecule has 2 N–H and O–H groups in total. The quantitative estimate of drug-likeness (QED) is 0.345. The Morgan fingerprint density at radius 2 is 1.76 bits per heavy atom. The standard InChI is InChI=1S/C28H30N4O2/c1-5-15-32-19(2)16-23(21(32)4)17-24(18-29)27(33)31-26-14-10-9-13-25(26)28(34)30-20(3)22-11-7-6-8-12-22/h6-14,16-17,20H,5,15H2,1-4H3,(H,30,34)(H,31,33)/b24-17+. The number of aryl methyl sites for hydroxylation is 1. The molecule has 3 rings (SSSR count). The van der Waals surface area contributed by atoms with Crippen LogP contribution in [0.3, 0.4) is 0 Å². The Morgan fingerprint density at radius 1 is 1.09 bits per heavy atom. The summed E-state index contributed by atoms with van der Waals surface area (Å²) in [7, 11) is 0. The van der Waals surface area contributed by atoms with Crippen LogP contribution in [0.4, 0.5) is 5.69 Å². The van der Waals surface area contributed by atoms with Gasteiger partial charge in [0.1, 0.15) is 11.6 Å². The van der Waals surface area contributed by atoms with E-state index >= 15 is 0 Å². The number of nitriles is 1. The van der Waals surface area contributed by atoms with Gasteiger partial charge in [0, 0.05) is 17.9 Å². The van der Waals surface area contributed by atoms with Crippen molar-refractivity contribution in [3.05, 3.63) is 94.3 Å². The van der Waals surface area contributed by atoms with Crippen molar-refractivity contribution in [2.75, 3.05) is 5.32 Å². The van der Waals surface area contributed by atoms with Crippen LogP contribution in [0, 0.1) is 25.2 Å². The van der Waals surface area contributed by atoms with E-state index in [0.29, 0.717) is 11.3 Å². The van der Waals surface area contributed by atoms with Gasteiger partial charge in [0.05, 0.1) is 17.3 Å². The van der Waals surface area contributed by atoms with Crippen molar-refractivity contribution in [3.63, 3.8) is 0 Å². The van der Waals surface area contributed by atoms with Gasteiger partial charge in [-0.05, 0) is 62.6 Å². The normalized spacial score (nSPS) is 12.0. The fourth-order valence-corrected chi connectivity index (χ4v) is 3.92. The number of hydrogen-bond acceptors (Lipinski definition) is 3. The van der Waals surface area contributed by atoms with Gasteiger partial charge >= 0.3 is 0 Å². The number of aromatic nitrogens is 1. The molecule has 0 fully saturated rings. The number of benzene rings is 2. The first-order valence-electron chi connectivity index (χ1n) is 11.4. The van der Waals surface area contributed by atoms with Crippen molar-refractivity contribution in [2.45, 2.75) is 46.7 Å². The number of nitrogens with zero attached hydrogens (tertiary/aromatic N) is 2. The molecule has 0 saturated carbocycles. The second kappa shape index (κ2) is 11.2. The highest BCUT2D eigenvalue weighted by atomic mass is 16.2. The SMILES string of the molecule is CCCn1c(C)cc(/C=C(\C#N)C(=O)Nc2ccccc2C(=O)NC(C)c2ccccc2)c1C. The molecule has 0 bridgehead atoms. The van der Waals surface area contributed by atoms with Gasteiger partial charge in [0.2, 0.25) is 0 Å². The Hall–Kier alpha value is -4.11. The Bertz CT molecular complexity index is 1250. The van der Waals surface area contributed by atoms with E-state index in [1.165, 1.54) is 0 Å². The molecule has 1 heterocycles. The van der Waals surface area contributed by atoms with Crippen molar-refractivity contribution in [1.29, 1.82) is 5.26 Å². The molecule has 0 saturated heterocycles. The lowest BCUT2D eigenvalue weighted by molar-refractivity contribution is -0.112. The lowest BCUT2D eigenvalue weighted by atomic mass is 10.1. The first kappa shape index (κ1) is 24.5. The second-order valence-electron chi connectivity index (χ2n) is 8.25. The summed E-state index contributed by atoms with van der Waals surface area (Å²) in [6, 6.07) is 20.2. The van der Waals surface area contributed by atoms with E-state index < -0.39 is 5.91 Å². The van der Waals surface area contributed by atoms with Crippen LogP contribution in [-0.2, 0) is 11.3 Å². The minimum absolute atomic E-state index is 0.0235. The average molecular weight is 455 g/mol. The van der Waals surface area contributed by atoms with Gasteiger partial charge < -0.3 is 15.2 Å². The van der Waals surface area contributed by atoms with E-state index in [1.807, 2.05) is 63.2 Å². The third-order valence-corrected chi connectivity index (χ3v) is 5.79. The average Bonchev–Trinajstić information content (AvgIpc) is 3.10. The molecule has 6 heteroatoms. The Kier molecular flexibility index (Phi) is 8.05. The molecule has 1 unspecified atom stereocenters. The molecule has 6 nitrogen and oxygen atoms in total. The van der Waals surface area contributed by atoms with Crippen molar-refractivity contribution in [1.82, 2.24) is 9.88 Å². The van der Waals surface area contributed by atoms with E-state index in [9.17, 15) is 14.9 Å². The van der Waals surface area contributed by atoms with Crippen molar-refractivity contribution >= 4 is 23.6 Å². The fourth-order valence-electron chi connectivity index (χ4n) is 3.92. The molecule has 0 aliphatic rings. The van der Waals surface area contributed by atoms with Crippen molar-refractivity contribution in [2.24, 2.45) is 0 Å². The lowest BCUT2D eigenvalue weighted by Gasteiger charge is -2.16. The topological polar surface area (TPSA) is 86.9 Å². The molecular weight excluding hydrogens is 424 g/mol. The number of nitrogens with one attached hydrogen (secondary N) is 2. The molecule has 34 heavy (non-hydrogen) atoms. The summed E-state index contributed by atoms with van der Waals surface area (Å²) in [6.07, 6.45) is 2.59. The summed E-state index contributed by atoms with van der Waals surface area (Å²) in [5.41, 5.74) is 4.56. The van der Waals surface area contributed by atoms with Gasteiger partial charge in [0.25, 0.3) is 11.8 Å². The first-order chi connectivity index (χ1) is 16.3. The highest BCUT2D eigenvalue weighted by molar-refractivity contribution is 6.12. The van der Waals surface area contributed by atoms with Gasteiger partial charge in [0.15, 0.2) is 0 Å². The Labute approximate surface area is 200 Å². The van der Waals surface area contributed by atoms with Crippen LogP contribution in [0.15, 0.2) is 66.2 Å². The zero-order valence-electron chi connectivity index (χ0n) is 20.1. The Morgan fingerprint density at radius 3 is 2.44 bits per heavy atom. The van der Waals surface area contributed by atoms with Crippen LogP contribution < -0.4 is 10.6 Å². The largest absolute Gasteiger partial charge is 0.349 e. The van der Waals surface area contributed by atoms with E-state index in [2.05, 4.69) is 22.1 Å². The predicted molar refractivity (Wildman–Crippen MR) is 135 cm³/mol. The van der Waals surface area contributed by atoms with E-state index in [1.54, 1.807) is 30.3 Å². The lowest BCUT2D eigenvalue weighted by Crippen LogP contribution is -2.28. The van der Waals surface area contributed by atoms with Gasteiger partial charge in [-0.1, -0.05) is 49.4 Å². The molecule has 2 aromatic carbocycles. The van der Waals surface area contributed by atoms with Crippen molar-refractivity contribution < 1.29 is 9.59 Å². The number of rotatable bonds is 8. The summed E-state index contributed by atoms with van der Waals surface area (Å²) < 4.78 is 2.17. The molecule has 0 spiro atoms. The molecule has 1 aromatic heterocycles. The van der Waals surface area contributed by atoms with Gasteiger partial charge in [-0.3, -0.25) is 9.59 Å². The van der Waals surface area contributed by atoms with E-state index in [4.69, 9.17) is 0 Å². The van der Waals surface area contributed by atoms with Gasteiger partial charge in [-0.15, -0.1) is 0 Å². The van der Waals surface area contributed by atoms with Crippen LogP contribution in [-0.4, -0.2) is 16.4 Å². The van der Waals surface area contributed by atoms with E-state index in [-0.39, 0.29) is 17.5 Å². The minimum atomic E-state index is -0.556. The second-order valence-corrected chi connectivity index (χ2v) is 8.25. The highest BCUT2D eigenvalue weighted by Crippen LogP contribution is 2.21. The molecule has 174 valence electrons. The fraction of sp³-hybridized carbons (Fsp3) is 0.250. The summed E-state index contributed by atoms with van der Waals surface area (Å²) in [6.45, 7) is 8.88. The van der Waals surface area contributed by atoms with Crippen LogP contribution in [0.2, 0.25) is 0 Å². The van der Waals surface area contributed by atoms with Crippen LogP contribution in [0.25, 0.3) is 6.08 Å². The third kappa shape index (κ3) is 5.62. The van der Waals surface area contributed by atoms with Gasteiger partial charge in [-0.2, -0.15) is 5.26 Å². The summed E-state index contributed by atoms with van der Waals surface area (Å²) in [5, 5.41) is 15.4. The van der Waals surface area contributed by atoms with Crippen LogP contribution in [0.5, 0.6) is 0 Å². The third-order valence-electron chi connectivity index (χ3n) is 5.79. The number of carbonyl (C=O) groups excluding carboxylic acids is 2. The molecule has 1 atom stereocenters. The van der Waals surface area contributed by atoms with Crippen LogP contribution in [0.1, 0.15) is 59.2 Å². The number of amides is 2. The Balaban J connectivity index is 1.81. The zero-order valence-corrected chi connectivity index (χ0v) is 20.1. The maximum atomic E-state index is 13.0. The molecule has 0 aliphatic heterocycles. The summed E-state index contributed by atoms with van der Waals surface area (Å²) >= 11 is 0. The summed E-state index contributed by atoms with van der Waals surface area (Å²) in [4.78, 5) is 25.9.